The summed E-state index contributed by atoms with van der Waals surface area (Å²) in [5.41, 5.74) is 1.14. The van der Waals surface area contributed by atoms with Crippen LogP contribution in [0.5, 0.6) is 0 Å². The molecule has 0 aliphatic carbocycles. The third-order valence-corrected chi connectivity index (χ3v) is 3.27. The van der Waals surface area contributed by atoms with Crippen molar-refractivity contribution in [3.8, 4) is 0 Å². The van der Waals surface area contributed by atoms with Gasteiger partial charge in [0.2, 0.25) is 0 Å². The Kier molecular flexibility index (Phi) is 3.91. The minimum atomic E-state index is -3.05. The average Bonchev–Trinajstić information content (AvgIpc) is 2.08. The molecule has 0 heterocycles. The van der Waals surface area contributed by atoms with Gasteiger partial charge in [-0.3, -0.25) is 0 Å². The molecular formula is C11H16FNO2S. The standard InChI is InChI=1S/C11H16FNO2S/c1-8-5-4-6-10(12)11(8)13-9(2)7-16(3,14)15/h4-6,9,13H,7H2,1-3H3. The highest BCUT2D eigenvalue weighted by Gasteiger charge is 2.13. The fourth-order valence-electron chi connectivity index (χ4n) is 1.56. The van der Waals surface area contributed by atoms with E-state index in [0.717, 1.165) is 5.56 Å². The molecule has 0 spiro atoms. The van der Waals surface area contributed by atoms with Crippen LogP contribution in [-0.4, -0.2) is 26.5 Å². The molecule has 1 unspecified atom stereocenters. The Labute approximate surface area is 95.6 Å². The molecular weight excluding hydrogens is 229 g/mol. The lowest BCUT2D eigenvalue weighted by Crippen LogP contribution is -2.25. The molecule has 1 aromatic carbocycles. The lowest BCUT2D eigenvalue weighted by atomic mass is 10.2. The summed E-state index contributed by atoms with van der Waals surface area (Å²) in [6, 6.07) is 4.43. The highest BCUT2D eigenvalue weighted by Crippen LogP contribution is 2.19. The van der Waals surface area contributed by atoms with Crippen molar-refractivity contribution in [2.75, 3.05) is 17.3 Å². The predicted octanol–water partition coefficient (Wildman–Crippen LogP) is 1.98. The highest BCUT2D eigenvalue weighted by atomic mass is 32.2. The third-order valence-electron chi connectivity index (χ3n) is 2.17. The maximum absolute atomic E-state index is 13.4. The number of nitrogens with one attached hydrogen (secondary N) is 1. The van der Waals surface area contributed by atoms with Crippen LogP contribution < -0.4 is 5.32 Å². The van der Waals surface area contributed by atoms with Gasteiger partial charge in [0, 0.05) is 12.3 Å². The van der Waals surface area contributed by atoms with Crippen LogP contribution in [0.25, 0.3) is 0 Å². The van der Waals surface area contributed by atoms with Crippen LogP contribution in [0.3, 0.4) is 0 Å². The van der Waals surface area contributed by atoms with Gasteiger partial charge in [0.15, 0.2) is 0 Å². The van der Waals surface area contributed by atoms with Crippen molar-refractivity contribution in [3.05, 3.63) is 29.6 Å². The zero-order chi connectivity index (χ0) is 12.3. The number of anilines is 1. The van der Waals surface area contributed by atoms with E-state index in [1.807, 2.05) is 0 Å². The second-order valence-corrected chi connectivity index (χ2v) is 6.25. The van der Waals surface area contributed by atoms with E-state index in [1.165, 1.54) is 12.3 Å². The van der Waals surface area contributed by atoms with Gasteiger partial charge in [-0.1, -0.05) is 12.1 Å². The van der Waals surface area contributed by atoms with Crippen molar-refractivity contribution >= 4 is 15.5 Å². The van der Waals surface area contributed by atoms with Crippen molar-refractivity contribution in [2.45, 2.75) is 19.9 Å². The van der Waals surface area contributed by atoms with E-state index in [9.17, 15) is 12.8 Å². The molecule has 1 atom stereocenters. The summed E-state index contributed by atoms with van der Waals surface area (Å²) in [4.78, 5) is 0. The van der Waals surface area contributed by atoms with E-state index in [-0.39, 0.29) is 17.6 Å². The number of rotatable bonds is 4. The third kappa shape index (κ3) is 3.81. The van der Waals surface area contributed by atoms with Gasteiger partial charge in [0.05, 0.1) is 11.4 Å². The molecule has 0 saturated heterocycles. The Morgan fingerprint density at radius 2 is 2.06 bits per heavy atom. The van der Waals surface area contributed by atoms with Crippen molar-refractivity contribution in [1.82, 2.24) is 0 Å². The molecule has 16 heavy (non-hydrogen) atoms. The number of benzene rings is 1. The normalized spacial score (nSPS) is 13.5. The van der Waals surface area contributed by atoms with E-state index in [0.29, 0.717) is 5.69 Å². The fraction of sp³-hybridized carbons (Fsp3) is 0.455. The number of para-hydroxylation sites is 1. The summed E-state index contributed by atoms with van der Waals surface area (Å²) in [7, 11) is -3.05. The molecule has 0 amide bonds. The number of halogens is 1. The Bertz CT molecular complexity index is 451. The lowest BCUT2D eigenvalue weighted by Gasteiger charge is -2.16. The van der Waals surface area contributed by atoms with Crippen LogP contribution in [-0.2, 0) is 9.84 Å². The number of aryl methyl sites for hydroxylation is 1. The Morgan fingerprint density at radius 1 is 1.44 bits per heavy atom. The van der Waals surface area contributed by atoms with Crippen LogP contribution >= 0.6 is 0 Å². The zero-order valence-corrected chi connectivity index (χ0v) is 10.4. The largest absolute Gasteiger partial charge is 0.379 e. The molecule has 0 aliphatic heterocycles. The second-order valence-electron chi connectivity index (χ2n) is 4.07. The molecule has 0 bridgehead atoms. The van der Waals surface area contributed by atoms with Crippen molar-refractivity contribution < 1.29 is 12.8 Å². The summed E-state index contributed by atoms with van der Waals surface area (Å²) < 4.78 is 35.6. The van der Waals surface area contributed by atoms with Gasteiger partial charge in [0.25, 0.3) is 0 Å². The molecule has 0 saturated carbocycles. The number of sulfone groups is 1. The van der Waals surface area contributed by atoms with E-state index in [1.54, 1.807) is 26.0 Å². The van der Waals surface area contributed by atoms with Crippen LogP contribution in [0.1, 0.15) is 12.5 Å². The van der Waals surface area contributed by atoms with Crippen LogP contribution in [0.4, 0.5) is 10.1 Å². The van der Waals surface area contributed by atoms with Gasteiger partial charge in [-0.05, 0) is 25.5 Å². The first kappa shape index (κ1) is 13.0. The predicted molar refractivity (Wildman–Crippen MR) is 63.9 cm³/mol. The summed E-state index contributed by atoms with van der Waals surface area (Å²) in [6.07, 6.45) is 1.17. The Balaban J connectivity index is 2.81. The second kappa shape index (κ2) is 4.82. The average molecular weight is 245 g/mol. The zero-order valence-electron chi connectivity index (χ0n) is 9.62. The molecule has 1 N–H and O–H groups in total. The first-order valence-corrected chi connectivity index (χ1v) is 7.05. The number of hydrogen-bond acceptors (Lipinski definition) is 3. The number of hydrogen-bond donors (Lipinski definition) is 1. The Hall–Kier alpha value is -1.10. The van der Waals surface area contributed by atoms with E-state index >= 15 is 0 Å². The molecule has 0 radical (unpaired) electrons. The topological polar surface area (TPSA) is 46.2 Å². The maximum Gasteiger partial charge on any atom is 0.149 e. The van der Waals surface area contributed by atoms with Gasteiger partial charge in [-0.15, -0.1) is 0 Å². The summed E-state index contributed by atoms with van der Waals surface area (Å²) in [5.74, 6) is -0.374. The van der Waals surface area contributed by atoms with Gasteiger partial charge >= 0.3 is 0 Å². The Morgan fingerprint density at radius 3 is 2.56 bits per heavy atom. The smallest absolute Gasteiger partial charge is 0.149 e. The molecule has 0 fully saturated rings. The van der Waals surface area contributed by atoms with E-state index in [2.05, 4.69) is 5.32 Å². The monoisotopic (exact) mass is 245 g/mol. The molecule has 1 aromatic rings. The van der Waals surface area contributed by atoms with Gasteiger partial charge < -0.3 is 5.32 Å². The summed E-state index contributed by atoms with van der Waals surface area (Å²) >= 11 is 0. The first-order chi connectivity index (χ1) is 7.29. The molecule has 90 valence electrons. The van der Waals surface area contributed by atoms with E-state index in [4.69, 9.17) is 0 Å². The molecule has 0 aliphatic rings. The molecule has 0 aromatic heterocycles. The van der Waals surface area contributed by atoms with Crippen LogP contribution in [0, 0.1) is 12.7 Å². The van der Waals surface area contributed by atoms with Crippen molar-refractivity contribution in [3.63, 3.8) is 0 Å². The van der Waals surface area contributed by atoms with Gasteiger partial charge in [-0.2, -0.15) is 0 Å². The summed E-state index contributed by atoms with van der Waals surface area (Å²) in [6.45, 7) is 3.49. The minimum Gasteiger partial charge on any atom is -0.379 e. The lowest BCUT2D eigenvalue weighted by molar-refractivity contribution is 0.596. The SMILES string of the molecule is Cc1cccc(F)c1NC(C)CS(C)(=O)=O. The molecule has 3 nitrogen and oxygen atoms in total. The molecule has 5 heteroatoms. The van der Waals surface area contributed by atoms with Crippen LogP contribution in [0.15, 0.2) is 18.2 Å². The van der Waals surface area contributed by atoms with Crippen molar-refractivity contribution in [1.29, 1.82) is 0 Å². The first-order valence-electron chi connectivity index (χ1n) is 4.99. The minimum absolute atomic E-state index is 0.0131. The van der Waals surface area contributed by atoms with Gasteiger partial charge in [0.1, 0.15) is 15.7 Å². The maximum atomic E-state index is 13.4. The van der Waals surface area contributed by atoms with Gasteiger partial charge in [-0.25, -0.2) is 12.8 Å². The summed E-state index contributed by atoms with van der Waals surface area (Å²) in [5, 5.41) is 2.88. The van der Waals surface area contributed by atoms with Crippen molar-refractivity contribution in [2.24, 2.45) is 0 Å². The highest BCUT2D eigenvalue weighted by molar-refractivity contribution is 7.90. The van der Waals surface area contributed by atoms with Crippen LogP contribution in [0.2, 0.25) is 0 Å². The quantitative estimate of drug-likeness (QED) is 0.882. The fourth-order valence-corrected chi connectivity index (χ4v) is 2.55. The van der Waals surface area contributed by atoms with E-state index < -0.39 is 9.84 Å². The molecule has 1 rings (SSSR count).